The van der Waals surface area contributed by atoms with Crippen LogP contribution in [0.15, 0.2) is 30.3 Å². The van der Waals surface area contributed by atoms with Crippen molar-refractivity contribution in [2.24, 2.45) is 5.73 Å². The van der Waals surface area contributed by atoms with Crippen molar-refractivity contribution in [1.82, 2.24) is 5.32 Å². The Labute approximate surface area is 138 Å². The van der Waals surface area contributed by atoms with Crippen LogP contribution in [0.5, 0.6) is 0 Å². The Morgan fingerprint density at radius 2 is 1.91 bits per heavy atom. The lowest BCUT2D eigenvalue weighted by Crippen LogP contribution is -2.47. The number of rotatable bonds is 5. The van der Waals surface area contributed by atoms with Gasteiger partial charge in [0, 0.05) is 18.6 Å². The van der Waals surface area contributed by atoms with Gasteiger partial charge in [-0.25, -0.2) is 0 Å². The van der Waals surface area contributed by atoms with E-state index in [9.17, 15) is 4.79 Å². The highest BCUT2D eigenvalue weighted by molar-refractivity contribution is 5.88. The van der Waals surface area contributed by atoms with Gasteiger partial charge in [-0.05, 0) is 51.5 Å². The van der Waals surface area contributed by atoms with Gasteiger partial charge < -0.3 is 15.8 Å². The second-order valence-corrected chi connectivity index (χ2v) is 7.84. The van der Waals surface area contributed by atoms with Crippen LogP contribution in [0.3, 0.4) is 0 Å². The van der Waals surface area contributed by atoms with Crippen molar-refractivity contribution in [3.63, 3.8) is 0 Å². The number of carbonyl (C=O) groups is 1. The highest BCUT2D eigenvalue weighted by Crippen LogP contribution is 2.43. The molecule has 3 rings (SSSR count). The van der Waals surface area contributed by atoms with Gasteiger partial charge in [-0.1, -0.05) is 30.3 Å². The highest BCUT2D eigenvalue weighted by atomic mass is 16.5. The summed E-state index contributed by atoms with van der Waals surface area (Å²) >= 11 is 0. The lowest BCUT2D eigenvalue weighted by atomic mass is 9.67. The molecule has 0 spiro atoms. The molecule has 1 saturated carbocycles. The van der Waals surface area contributed by atoms with Crippen molar-refractivity contribution in [3.8, 4) is 0 Å². The molecule has 2 fully saturated rings. The first-order valence-corrected chi connectivity index (χ1v) is 8.62. The second kappa shape index (κ2) is 5.91. The summed E-state index contributed by atoms with van der Waals surface area (Å²) in [6.07, 6.45) is 4.50. The number of hydrogen-bond donors (Lipinski definition) is 2. The molecule has 1 heterocycles. The molecule has 3 N–H and O–H groups in total. The maximum absolute atomic E-state index is 12.1. The van der Waals surface area contributed by atoms with Crippen LogP contribution in [-0.2, 0) is 14.9 Å². The molecule has 1 aliphatic heterocycles. The minimum Gasteiger partial charge on any atom is -0.376 e. The van der Waals surface area contributed by atoms with Crippen LogP contribution < -0.4 is 11.1 Å². The van der Waals surface area contributed by atoms with Gasteiger partial charge in [-0.3, -0.25) is 4.79 Å². The molecule has 0 aromatic heterocycles. The molecule has 1 saturated heterocycles. The molecule has 1 amide bonds. The van der Waals surface area contributed by atoms with Crippen molar-refractivity contribution >= 4 is 5.91 Å². The predicted molar refractivity (Wildman–Crippen MR) is 91.2 cm³/mol. The predicted octanol–water partition coefficient (Wildman–Crippen LogP) is 2.51. The van der Waals surface area contributed by atoms with Gasteiger partial charge in [0.15, 0.2) is 0 Å². The van der Waals surface area contributed by atoms with E-state index in [1.54, 1.807) is 0 Å². The van der Waals surface area contributed by atoms with Gasteiger partial charge in [0.2, 0.25) is 5.91 Å². The lowest BCUT2D eigenvalue weighted by molar-refractivity contribution is -0.123. The largest absolute Gasteiger partial charge is 0.376 e. The van der Waals surface area contributed by atoms with Gasteiger partial charge in [-0.15, -0.1) is 0 Å². The van der Waals surface area contributed by atoms with Crippen LogP contribution in [0.25, 0.3) is 0 Å². The van der Waals surface area contributed by atoms with E-state index in [2.05, 4.69) is 49.5 Å². The maximum Gasteiger partial charge on any atom is 0.240 e. The molecule has 1 aromatic carbocycles. The third kappa shape index (κ3) is 3.59. The Kier molecular flexibility index (Phi) is 4.23. The van der Waals surface area contributed by atoms with Gasteiger partial charge in [-0.2, -0.15) is 0 Å². The van der Waals surface area contributed by atoms with Crippen LogP contribution in [0, 0.1) is 0 Å². The zero-order valence-corrected chi connectivity index (χ0v) is 14.2. The second-order valence-electron chi connectivity index (χ2n) is 7.84. The fraction of sp³-hybridized carbons (Fsp3) is 0.632. The standard InChI is InChI=1S/C19H28N2O2/c1-17(2)14-18(11-13-23-17,15-6-4-3-5-7-15)10-12-21-16(22)19(20)8-9-19/h3-7H,8-14,20H2,1-2H3,(H,21,22)/t18-/m1/s1. The number of nitrogens with one attached hydrogen (secondary N) is 1. The average Bonchev–Trinajstić information content (AvgIpc) is 3.26. The first kappa shape index (κ1) is 16.5. The Bertz CT molecular complexity index is 566. The quantitative estimate of drug-likeness (QED) is 0.877. The number of hydrogen-bond acceptors (Lipinski definition) is 3. The van der Waals surface area contributed by atoms with E-state index in [1.165, 1.54) is 5.56 Å². The molecule has 0 radical (unpaired) electrons. The van der Waals surface area contributed by atoms with Gasteiger partial charge in [0.05, 0.1) is 11.1 Å². The Morgan fingerprint density at radius 1 is 1.22 bits per heavy atom. The third-order valence-electron chi connectivity index (χ3n) is 5.35. The molecule has 1 aliphatic carbocycles. The fourth-order valence-electron chi connectivity index (χ4n) is 3.83. The summed E-state index contributed by atoms with van der Waals surface area (Å²) in [5.74, 6) is 0.00651. The Balaban J connectivity index is 1.72. The summed E-state index contributed by atoms with van der Waals surface area (Å²) in [5, 5.41) is 3.05. The number of ether oxygens (including phenoxy) is 1. The van der Waals surface area contributed by atoms with Crippen molar-refractivity contribution in [3.05, 3.63) is 35.9 Å². The van der Waals surface area contributed by atoms with E-state index < -0.39 is 5.54 Å². The smallest absolute Gasteiger partial charge is 0.240 e. The monoisotopic (exact) mass is 316 g/mol. The molecule has 23 heavy (non-hydrogen) atoms. The Hall–Kier alpha value is -1.39. The summed E-state index contributed by atoms with van der Waals surface area (Å²) in [6, 6.07) is 10.6. The zero-order chi connectivity index (χ0) is 16.6. The normalized spacial score (nSPS) is 28.1. The minimum atomic E-state index is -0.588. The first-order chi connectivity index (χ1) is 10.9. The first-order valence-electron chi connectivity index (χ1n) is 8.62. The molecule has 0 unspecified atom stereocenters. The third-order valence-corrected chi connectivity index (χ3v) is 5.35. The average molecular weight is 316 g/mol. The molecule has 4 nitrogen and oxygen atoms in total. The van der Waals surface area contributed by atoms with Crippen molar-refractivity contribution in [1.29, 1.82) is 0 Å². The number of amides is 1. The molecule has 126 valence electrons. The lowest BCUT2D eigenvalue weighted by Gasteiger charge is -2.45. The van der Waals surface area contributed by atoms with Crippen LogP contribution in [-0.4, -0.2) is 30.2 Å². The molecule has 0 bridgehead atoms. The Morgan fingerprint density at radius 3 is 2.52 bits per heavy atom. The molecule has 1 atom stereocenters. The van der Waals surface area contributed by atoms with E-state index in [0.29, 0.717) is 6.54 Å². The summed E-state index contributed by atoms with van der Waals surface area (Å²) < 4.78 is 5.93. The van der Waals surface area contributed by atoms with E-state index in [1.807, 2.05) is 0 Å². The van der Waals surface area contributed by atoms with Crippen molar-refractivity contribution in [2.75, 3.05) is 13.2 Å². The highest BCUT2D eigenvalue weighted by Gasteiger charge is 2.46. The summed E-state index contributed by atoms with van der Waals surface area (Å²) in [6.45, 7) is 5.74. The molecule has 1 aromatic rings. The fourth-order valence-corrected chi connectivity index (χ4v) is 3.83. The van der Waals surface area contributed by atoms with E-state index in [4.69, 9.17) is 10.5 Å². The zero-order valence-electron chi connectivity index (χ0n) is 14.2. The molecule has 2 aliphatic rings. The SMILES string of the molecule is CC1(C)C[C@](CCNC(=O)C2(N)CC2)(c2ccccc2)CCO1. The summed E-state index contributed by atoms with van der Waals surface area (Å²) in [7, 11) is 0. The molecular formula is C19H28N2O2. The van der Waals surface area contributed by atoms with Crippen LogP contribution in [0.1, 0.15) is 51.5 Å². The summed E-state index contributed by atoms with van der Waals surface area (Å²) in [5.41, 5.74) is 6.64. The number of benzene rings is 1. The van der Waals surface area contributed by atoms with E-state index in [-0.39, 0.29) is 16.9 Å². The van der Waals surface area contributed by atoms with Gasteiger partial charge >= 0.3 is 0 Å². The number of nitrogens with two attached hydrogens (primary N) is 1. The van der Waals surface area contributed by atoms with E-state index in [0.717, 1.165) is 38.7 Å². The van der Waals surface area contributed by atoms with Gasteiger partial charge in [0.25, 0.3) is 0 Å². The minimum absolute atomic E-state index is 0.00651. The summed E-state index contributed by atoms with van der Waals surface area (Å²) in [4.78, 5) is 12.1. The van der Waals surface area contributed by atoms with Crippen LogP contribution >= 0.6 is 0 Å². The topological polar surface area (TPSA) is 64.4 Å². The maximum atomic E-state index is 12.1. The van der Waals surface area contributed by atoms with Crippen LogP contribution in [0.2, 0.25) is 0 Å². The number of carbonyl (C=O) groups excluding carboxylic acids is 1. The van der Waals surface area contributed by atoms with Crippen molar-refractivity contribution < 1.29 is 9.53 Å². The van der Waals surface area contributed by atoms with Gasteiger partial charge in [0.1, 0.15) is 0 Å². The van der Waals surface area contributed by atoms with E-state index >= 15 is 0 Å². The molecule has 4 heteroatoms. The van der Waals surface area contributed by atoms with Crippen LogP contribution in [0.4, 0.5) is 0 Å². The molecular weight excluding hydrogens is 288 g/mol. The van der Waals surface area contributed by atoms with Crippen molar-refractivity contribution in [2.45, 2.75) is 62.5 Å².